The predicted octanol–water partition coefficient (Wildman–Crippen LogP) is 2.89. The molecular weight excluding hydrogens is 363 g/mol. The van der Waals surface area contributed by atoms with Crippen LogP contribution in [0.1, 0.15) is 16.7 Å². The molecule has 146 valence electrons. The van der Waals surface area contributed by atoms with Crippen LogP contribution in [-0.4, -0.2) is 34.4 Å². The summed E-state index contributed by atoms with van der Waals surface area (Å²) in [7, 11) is -4.04. The van der Waals surface area contributed by atoms with Crippen LogP contribution in [-0.2, 0) is 23.8 Å². The van der Waals surface area contributed by atoms with Crippen molar-refractivity contribution in [3.8, 4) is 5.75 Å². The average Bonchev–Trinajstić information content (AvgIpc) is 2.62. The molecule has 7 heteroatoms. The zero-order valence-electron chi connectivity index (χ0n) is 15.3. The van der Waals surface area contributed by atoms with Gasteiger partial charge in [0.1, 0.15) is 12.4 Å². The van der Waals surface area contributed by atoms with Gasteiger partial charge in [0.15, 0.2) is 0 Å². The summed E-state index contributed by atoms with van der Waals surface area (Å²) in [6.07, 6.45) is 1.47. The molecule has 0 spiro atoms. The minimum atomic E-state index is -4.04. The molecule has 2 aromatic rings. The Morgan fingerprint density at radius 2 is 1.52 bits per heavy atom. The molecule has 0 fully saturated rings. The first kappa shape index (κ1) is 21.4. The maximum absolute atomic E-state index is 11.1. The highest BCUT2D eigenvalue weighted by atomic mass is 31.2. The van der Waals surface area contributed by atoms with Crippen molar-refractivity contribution >= 4 is 7.60 Å². The molecule has 2 aromatic carbocycles. The van der Waals surface area contributed by atoms with E-state index in [0.717, 1.165) is 30.0 Å². The van der Waals surface area contributed by atoms with Gasteiger partial charge in [0.05, 0.1) is 6.16 Å². The molecule has 2 rings (SSSR count). The van der Waals surface area contributed by atoms with Gasteiger partial charge in [0.2, 0.25) is 0 Å². The third-order valence-electron chi connectivity index (χ3n) is 3.96. The second kappa shape index (κ2) is 10.4. The molecule has 0 aliphatic rings. The highest BCUT2D eigenvalue weighted by Crippen LogP contribution is 2.38. The van der Waals surface area contributed by atoms with Gasteiger partial charge < -0.3 is 20.3 Å². The maximum Gasteiger partial charge on any atom is 0.329 e. The quantitative estimate of drug-likeness (QED) is 0.403. The molecule has 0 unspecified atom stereocenters. The van der Waals surface area contributed by atoms with Gasteiger partial charge >= 0.3 is 7.60 Å². The van der Waals surface area contributed by atoms with Gasteiger partial charge in [-0.2, -0.15) is 0 Å². The van der Waals surface area contributed by atoms with E-state index < -0.39 is 7.60 Å². The second-order valence-electron chi connectivity index (χ2n) is 6.38. The molecule has 0 radical (unpaired) electrons. The monoisotopic (exact) mass is 390 g/mol. The van der Waals surface area contributed by atoms with Crippen molar-refractivity contribution in [3.05, 3.63) is 77.9 Å². The number of nitrogens with zero attached hydrogens (tertiary/aromatic N) is 1. The summed E-state index contributed by atoms with van der Waals surface area (Å²) in [5.74, 6) is 0.810. The fourth-order valence-corrected chi connectivity index (χ4v) is 3.43. The van der Waals surface area contributed by atoms with Crippen molar-refractivity contribution in [2.45, 2.75) is 19.3 Å². The van der Waals surface area contributed by atoms with E-state index >= 15 is 0 Å². The topological polar surface area (TPSA) is 96.0 Å². The van der Waals surface area contributed by atoms with Crippen molar-refractivity contribution in [1.82, 2.24) is 4.90 Å². The molecule has 0 aliphatic carbocycles. The van der Waals surface area contributed by atoms with Crippen LogP contribution in [0.15, 0.2) is 61.2 Å². The number of benzene rings is 2. The summed E-state index contributed by atoms with van der Waals surface area (Å²) in [6, 6.07) is 15.3. The van der Waals surface area contributed by atoms with E-state index in [-0.39, 0.29) is 6.16 Å². The third kappa shape index (κ3) is 8.08. The average molecular weight is 390 g/mol. The molecule has 0 aliphatic heterocycles. The number of ether oxygens (including phenoxy) is 1. The van der Waals surface area contributed by atoms with E-state index in [4.69, 9.17) is 20.3 Å². The molecule has 0 amide bonds. The predicted molar refractivity (Wildman–Crippen MR) is 107 cm³/mol. The van der Waals surface area contributed by atoms with Crippen LogP contribution in [0.5, 0.6) is 5.75 Å². The summed E-state index contributed by atoms with van der Waals surface area (Å²) in [6.45, 7) is 6.88. The Morgan fingerprint density at radius 1 is 1.00 bits per heavy atom. The van der Waals surface area contributed by atoms with Gasteiger partial charge in [-0.1, -0.05) is 49.1 Å². The lowest BCUT2D eigenvalue weighted by Crippen LogP contribution is -2.28. The van der Waals surface area contributed by atoms with Gasteiger partial charge in [-0.25, -0.2) is 0 Å². The molecular formula is C20H27N2O4P. The lowest BCUT2D eigenvalue weighted by Gasteiger charge is -2.22. The smallest absolute Gasteiger partial charge is 0.329 e. The van der Waals surface area contributed by atoms with E-state index in [1.165, 1.54) is 0 Å². The van der Waals surface area contributed by atoms with E-state index in [2.05, 4.69) is 11.5 Å². The van der Waals surface area contributed by atoms with Crippen molar-refractivity contribution in [1.29, 1.82) is 0 Å². The molecule has 0 aromatic heterocycles. The normalized spacial score (nSPS) is 11.6. The summed E-state index contributed by atoms with van der Waals surface area (Å²) >= 11 is 0. The lowest BCUT2D eigenvalue weighted by molar-refractivity contribution is 0.264. The minimum absolute atomic E-state index is 0.236. The Morgan fingerprint density at radius 3 is 2.00 bits per heavy atom. The molecule has 0 heterocycles. The number of hydrogen-bond acceptors (Lipinski definition) is 4. The highest BCUT2D eigenvalue weighted by Gasteiger charge is 2.14. The fraction of sp³-hybridized carbons (Fsp3) is 0.300. The molecule has 0 saturated heterocycles. The van der Waals surface area contributed by atoms with Gasteiger partial charge in [-0.15, -0.1) is 0 Å². The van der Waals surface area contributed by atoms with E-state index in [0.29, 0.717) is 25.3 Å². The number of rotatable bonds is 11. The van der Waals surface area contributed by atoms with Crippen LogP contribution in [0.4, 0.5) is 0 Å². The standard InChI is InChI=1S/C20H27N2O4P/c1-2-13-26-20-9-7-18(8-10-20)15-22(12-11-21)14-17-3-5-19(6-4-17)16-27(23,24)25/h2-10H,1,11-16,21H2,(H2,23,24,25). The van der Waals surface area contributed by atoms with Crippen molar-refractivity contribution in [3.63, 3.8) is 0 Å². The SMILES string of the molecule is C=CCOc1ccc(CN(CCN)Cc2ccc(CP(=O)(O)O)cc2)cc1. The zero-order valence-corrected chi connectivity index (χ0v) is 16.2. The van der Waals surface area contributed by atoms with E-state index in [1.54, 1.807) is 18.2 Å². The maximum atomic E-state index is 11.1. The van der Waals surface area contributed by atoms with Gasteiger partial charge in [-0.05, 0) is 28.8 Å². The van der Waals surface area contributed by atoms with Crippen LogP contribution in [0.25, 0.3) is 0 Å². The molecule has 0 atom stereocenters. The van der Waals surface area contributed by atoms with Crippen LogP contribution in [0.2, 0.25) is 0 Å². The molecule has 6 nitrogen and oxygen atoms in total. The molecule has 0 bridgehead atoms. The van der Waals surface area contributed by atoms with Crippen LogP contribution in [0.3, 0.4) is 0 Å². The largest absolute Gasteiger partial charge is 0.490 e. The molecule has 27 heavy (non-hydrogen) atoms. The van der Waals surface area contributed by atoms with Crippen molar-refractivity contribution in [2.24, 2.45) is 5.73 Å². The summed E-state index contributed by atoms with van der Waals surface area (Å²) in [4.78, 5) is 20.4. The van der Waals surface area contributed by atoms with Crippen molar-refractivity contribution < 1.29 is 19.1 Å². The molecule has 0 saturated carbocycles. The van der Waals surface area contributed by atoms with Crippen LogP contribution >= 0.6 is 7.60 Å². The van der Waals surface area contributed by atoms with Gasteiger partial charge in [0, 0.05) is 26.2 Å². The van der Waals surface area contributed by atoms with Crippen LogP contribution < -0.4 is 10.5 Å². The first-order valence-corrected chi connectivity index (χ1v) is 10.6. The second-order valence-corrected chi connectivity index (χ2v) is 8.03. The Balaban J connectivity index is 1.98. The minimum Gasteiger partial charge on any atom is -0.490 e. The molecule has 4 N–H and O–H groups in total. The Labute approximate surface area is 160 Å². The van der Waals surface area contributed by atoms with E-state index in [1.807, 2.05) is 36.4 Å². The Kier molecular flexibility index (Phi) is 8.23. The summed E-state index contributed by atoms with van der Waals surface area (Å²) < 4.78 is 16.6. The Hall–Kier alpha value is -1.95. The Bertz CT molecular complexity index is 757. The van der Waals surface area contributed by atoms with Crippen molar-refractivity contribution in [2.75, 3.05) is 19.7 Å². The number of hydrogen-bond donors (Lipinski definition) is 3. The summed E-state index contributed by atoms with van der Waals surface area (Å²) in [5.41, 5.74) is 8.62. The summed E-state index contributed by atoms with van der Waals surface area (Å²) in [5, 5.41) is 0. The van der Waals surface area contributed by atoms with Gasteiger partial charge in [-0.3, -0.25) is 9.46 Å². The van der Waals surface area contributed by atoms with Crippen LogP contribution in [0, 0.1) is 0 Å². The highest BCUT2D eigenvalue weighted by molar-refractivity contribution is 7.50. The first-order valence-electron chi connectivity index (χ1n) is 8.77. The first-order chi connectivity index (χ1) is 12.9. The zero-order chi connectivity index (χ0) is 19.7. The van der Waals surface area contributed by atoms with Gasteiger partial charge in [0.25, 0.3) is 0 Å². The number of nitrogens with two attached hydrogens (primary N) is 1. The lowest BCUT2D eigenvalue weighted by atomic mass is 10.1. The fourth-order valence-electron chi connectivity index (χ4n) is 2.75. The van der Waals surface area contributed by atoms with E-state index in [9.17, 15) is 4.57 Å². The third-order valence-corrected chi connectivity index (χ3v) is 4.74.